The molecule has 4 amide bonds. The number of H-pyrrole nitrogens is 1. The maximum absolute atomic E-state index is 14.4. The summed E-state index contributed by atoms with van der Waals surface area (Å²) in [5.41, 5.74) is 2.93. The highest BCUT2D eigenvalue weighted by Crippen LogP contribution is 2.21. The monoisotopic (exact) mass is 672 g/mol. The molecule has 49 heavy (non-hydrogen) atoms. The molecule has 3 aromatic carbocycles. The first kappa shape index (κ1) is 36.9. The summed E-state index contributed by atoms with van der Waals surface area (Å²) in [7, 11) is 0. The Morgan fingerprint density at radius 2 is 1.69 bits per heavy atom. The van der Waals surface area contributed by atoms with Crippen molar-refractivity contribution in [2.45, 2.75) is 84.5 Å². The topological polar surface area (TPSA) is 158 Å². The van der Waals surface area contributed by atoms with Gasteiger partial charge in [0.1, 0.15) is 17.4 Å². The van der Waals surface area contributed by atoms with Gasteiger partial charge in [-0.05, 0) is 63.4 Å². The molecule has 4 rings (SSSR count). The standard InChI is InChI=1S/C37H48N6O6/c1-6-48-33(45)24-43(23-29-14-10-13-28-22-39-42-34(28)29)35(46)31(20-26-15-17-30(18-16-26)49-37(3,4)5)41-32(44)19-25(2)40-36(47)38-21-27-11-8-7-9-12-27/h7-18,22,25,31,33,45H,6,19-21,23-24H2,1-5H3,(H,39,42)(H,41,44)(H2,38,40,47)/t25-,31+,33?/m1/s1. The van der Waals surface area contributed by atoms with Gasteiger partial charge in [0.25, 0.3) is 0 Å². The fraction of sp³-hybridized carbons (Fsp3) is 0.405. The van der Waals surface area contributed by atoms with E-state index in [2.05, 4.69) is 26.1 Å². The van der Waals surface area contributed by atoms with Crippen LogP contribution in [0, 0.1) is 0 Å². The van der Waals surface area contributed by atoms with Gasteiger partial charge in [0.15, 0.2) is 6.29 Å². The Kier molecular flexibility index (Phi) is 13.1. The molecule has 4 aromatic rings. The lowest BCUT2D eigenvalue weighted by atomic mass is 10.0. The number of aliphatic hydroxyl groups is 1. The van der Waals surface area contributed by atoms with Gasteiger partial charge in [-0.15, -0.1) is 0 Å². The van der Waals surface area contributed by atoms with E-state index in [1.54, 1.807) is 20.0 Å². The fourth-order valence-corrected chi connectivity index (χ4v) is 5.37. The number of nitrogens with zero attached hydrogens (tertiary/aromatic N) is 2. The summed E-state index contributed by atoms with van der Waals surface area (Å²) in [4.78, 5) is 41.8. The minimum atomic E-state index is -1.24. The lowest BCUT2D eigenvalue weighted by Gasteiger charge is -2.30. The number of nitrogens with one attached hydrogen (secondary N) is 4. The third kappa shape index (κ3) is 11.9. The lowest BCUT2D eigenvalue weighted by Crippen LogP contribution is -2.52. The number of aliphatic hydroxyl groups excluding tert-OH is 1. The van der Waals surface area contributed by atoms with Gasteiger partial charge in [-0.2, -0.15) is 5.10 Å². The summed E-state index contributed by atoms with van der Waals surface area (Å²) in [5, 5.41) is 27.1. The molecule has 1 aromatic heterocycles. The minimum absolute atomic E-state index is 0.0596. The molecule has 12 nitrogen and oxygen atoms in total. The van der Waals surface area contributed by atoms with Gasteiger partial charge in [0.2, 0.25) is 11.8 Å². The Morgan fingerprint density at radius 3 is 2.39 bits per heavy atom. The summed E-state index contributed by atoms with van der Waals surface area (Å²) in [6.45, 7) is 9.98. The van der Waals surface area contributed by atoms with Crippen LogP contribution in [0.25, 0.3) is 10.9 Å². The van der Waals surface area contributed by atoms with Crippen molar-refractivity contribution >= 4 is 28.7 Å². The molecular formula is C37H48N6O6. The van der Waals surface area contributed by atoms with Crippen molar-refractivity contribution in [1.82, 2.24) is 31.0 Å². The Balaban J connectivity index is 1.51. The first-order valence-electron chi connectivity index (χ1n) is 16.5. The molecule has 0 spiro atoms. The predicted octanol–water partition coefficient (Wildman–Crippen LogP) is 4.43. The molecule has 0 radical (unpaired) electrons. The van der Waals surface area contributed by atoms with E-state index in [-0.39, 0.29) is 38.1 Å². The van der Waals surface area contributed by atoms with E-state index >= 15 is 0 Å². The highest BCUT2D eigenvalue weighted by atomic mass is 16.6. The Labute approximate surface area is 287 Å². The van der Waals surface area contributed by atoms with Crippen LogP contribution >= 0.6 is 0 Å². The Morgan fingerprint density at radius 1 is 0.959 bits per heavy atom. The molecule has 0 aliphatic carbocycles. The van der Waals surface area contributed by atoms with Gasteiger partial charge >= 0.3 is 6.03 Å². The third-order valence-corrected chi connectivity index (χ3v) is 7.56. The highest BCUT2D eigenvalue weighted by molar-refractivity contribution is 5.89. The van der Waals surface area contributed by atoms with Crippen LogP contribution in [-0.4, -0.2) is 75.2 Å². The molecule has 0 aliphatic rings. The van der Waals surface area contributed by atoms with Crippen molar-refractivity contribution in [2.24, 2.45) is 0 Å². The third-order valence-electron chi connectivity index (χ3n) is 7.56. The molecule has 1 unspecified atom stereocenters. The van der Waals surface area contributed by atoms with E-state index in [1.165, 1.54) is 4.90 Å². The summed E-state index contributed by atoms with van der Waals surface area (Å²) >= 11 is 0. The van der Waals surface area contributed by atoms with Crippen molar-refractivity contribution in [3.63, 3.8) is 0 Å². The quantitative estimate of drug-likeness (QED) is 0.110. The zero-order chi connectivity index (χ0) is 35.4. The number of benzene rings is 3. The maximum atomic E-state index is 14.4. The van der Waals surface area contributed by atoms with Crippen LogP contribution in [0.5, 0.6) is 5.75 Å². The van der Waals surface area contributed by atoms with E-state index in [1.807, 2.05) is 93.6 Å². The summed E-state index contributed by atoms with van der Waals surface area (Å²) < 4.78 is 11.4. The first-order chi connectivity index (χ1) is 23.4. The number of rotatable bonds is 16. The van der Waals surface area contributed by atoms with Crippen molar-refractivity contribution in [3.05, 3.63) is 95.7 Å². The number of para-hydroxylation sites is 1. The molecule has 1 heterocycles. The predicted molar refractivity (Wildman–Crippen MR) is 187 cm³/mol. The van der Waals surface area contributed by atoms with Crippen LogP contribution in [0.3, 0.4) is 0 Å². The highest BCUT2D eigenvalue weighted by Gasteiger charge is 2.29. The molecule has 0 fully saturated rings. The summed E-state index contributed by atoms with van der Waals surface area (Å²) in [5.74, 6) is -0.134. The van der Waals surface area contributed by atoms with Crippen molar-refractivity contribution in [3.8, 4) is 5.75 Å². The molecule has 262 valence electrons. The van der Waals surface area contributed by atoms with E-state index in [0.717, 1.165) is 27.6 Å². The fourth-order valence-electron chi connectivity index (χ4n) is 5.37. The van der Waals surface area contributed by atoms with Gasteiger partial charge in [-0.25, -0.2) is 4.79 Å². The van der Waals surface area contributed by atoms with Crippen LogP contribution in [0.15, 0.2) is 79.0 Å². The van der Waals surface area contributed by atoms with Crippen LogP contribution in [0.1, 0.15) is 57.7 Å². The average Bonchev–Trinajstić information content (AvgIpc) is 3.54. The van der Waals surface area contributed by atoms with Crippen molar-refractivity contribution in [2.75, 3.05) is 13.2 Å². The lowest BCUT2D eigenvalue weighted by molar-refractivity contribution is -0.148. The minimum Gasteiger partial charge on any atom is -0.488 e. The summed E-state index contributed by atoms with van der Waals surface area (Å²) in [6, 6.07) is 20.6. The maximum Gasteiger partial charge on any atom is 0.315 e. The molecule has 0 bridgehead atoms. The molecule has 0 saturated heterocycles. The van der Waals surface area contributed by atoms with Gasteiger partial charge in [0.05, 0.1) is 18.3 Å². The zero-order valence-electron chi connectivity index (χ0n) is 28.9. The second-order valence-corrected chi connectivity index (χ2v) is 13.0. The number of carbonyl (C=O) groups excluding carboxylic acids is 3. The molecule has 0 aliphatic heterocycles. The number of aromatic nitrogens is 2. The average molecular weight is 673 g/mol. The number of hydrogen-bond acceptors (Lipinski definition) is 7. The molecule has 5 N–H and O–H groups in total. The van der Waals surface area contributed by atoms with Crippen LogP contribution in [0.4, 0.5) is 4.79 Å². The number of ether oxygens (including phenoxy) is 2. The number of hydrogen-bond donors (Lipinski definition) is 5. The van der Waals surface area contributed by atoms with E-state index in [9.17, 15) is 19.5 Å². The summed E-state index contributed by atoms with van der Waals surface area (Å²) in [6.07, 6.45) is 0.581. The smallest absolute Gasteiger partial charge is 0.315 e. The number of amides is 4. The van der Waals surface area contributed by atoms with Crippen molar-refractivity contribution in [1.29, 1.82) is 0 Å². The number of fused-ring (bicyclic) bond motifs is 1. The van der Waals surface area contributed by atoms with Gasteiger partial charge in [-0.3, -0.25) is 14.7 Å². The SMILES string of the molecule is CCOC(O)CN(Cc1cccc2cn[nH]c12)C(=O)[C@H](Cc1ccc(OC(C)(C)C)cc1)NC(=O)C[C@@H](C)NC(=O)NCc1ccccc1. The van der Waals surface area contributed by atoms with E-state index in [0.29, 0.717) is 12.3 Å². The largest absolute Gasteiger partial charge is 0.488 e. The number of aromatic amines is 1. The molecule has 3 atom stereocenters. The van der Waals surface area contributed by atoms with Gasteiger partial charge in [-0.1, -0.05) is 60.7 Å². The van der Waals surface area contributed by atoms with Crippen LogP contribution < -0.4 is 20.7 Å². The first-order valence-corrected chi connectivity index (χ1v) is 16.5. The van der Waals surface area contributed by atoms with Gasteiger partial charge in [0, 0.05) is 44.0 Å². The van der Waals surface area contributed by atoms with E-state index in [4.69, 9.17) is 9.47 Å². The number of urea groups is 1. The molecule has 12 heteroatoms. The molecule has 0 saturated carbocycles. The van der Waals surface area contributed by atoms with Crippen molar-refractivity contribution < 1.29 is 29.0 Å². The normalized spacial score (nSPS) is 13.3. The zero-order valence-corrected chi connectivity index (χ0v) is 28.9. The number of carbonyl (C=O) groups is 3. The second kappa shape index (κ2) is 17.5. The van der Waals surface area contributed by atoms with E-state index < -0.39 is 36.2 Å². The van der Waals surface area contributed by atoms with Crippen LogP contribution in [-0.2, 0) is 33.8 Å². The second-order valence-electron chi connectivity index (χ2n) is 13.0. The van der Waals surface area contributed by atoms with Gasteiger partial charge < -0.3 is 35.4 Å². The Bertz CT molecular complexity index is 1650. The van der Waals surface area contributed by atoms with Crippen LogP contribution in [0.2, 0.25) is 0 Å². The molecular weight excluding hydrogens is 624 g/mol. The Hall–Kier alpha value is -4.94.